The lowest BCUT2D eigenvalue weighted by Gasteiger charge is -2.33. The van der Waals surface area contributed by atoms with Crippen LogP contribution < -0.4 is 0 Å². The van der Waals surface area contributed by atoms with Gasteiger partial charge in [0, 0.05) is 37.4 Å². The quantitative estimate of drug-likeness (QED) is 0.296. The van der Waals surface area contributed by atoms with Crippen LogP contribution in [0.5, 0.6) is 0 Å². The van der Waals surface area contributed by atoms with Crippen molar-refractivity contribution in [1.82, 2.24) is 24.5 Å². The van der Waals surface area contributed by atoms with Gasteiger partial charge >= 0.3 is 0 Å². The average molecular weight is 478 g/mol. The molecule has 182 valence electrons. The molecule has 6 rings (SSSR count). The Kier molecular flexibility index (Phi) is 5.69. The van der Waals surface area contributed by atoms with Crippen LogP contribution in [0, 0.1) is 12.8 Å². The molecule has 0 bridgehead atoms. The van der Waals surface area contributed by atoms with E-state index in [9.17, 15) is 0 Å². The Labute approximate surface area is 211 Å². The molecule has 1 atom stereocenters. The lowest BCUT2D eigenvalue weighted by atomic mass is 9.86. The van der Waals surface area contributed by atoms with Gasteiger partial charge in [-0.25, -0.2) is 4.68 Å². The van der Waals surface area contributed by atoms with Crippen LogP contribution in [-0.2, 0) is 11.8 Å². The van der Waals surface area contributed by atoms with Crippen molar-refractivity contribution >= 4 is 27.5 Å². The molecule has 6 heteroatoms. The normalized spacial score (nSPS) is 15.5. The Morgan fingerprint density at radius 3 is 2.53 bits per heavy atom. The third-order valence-electron chi connectivity index (χ3n) is 7.53. The number of allylic oxidation sites excluding steroid dienone is 1. The minimum Gasteiger partial charge on any atom is -0.381 e. The second-order valence-electron chi connectivity index (χ2n) is 9.93. The molecule has 4 heterocycles. The fraction of sp³-hybridized carbons (Fsp3) is 0.300. The van der Waals surface area contributed by atoms with Crippen molar-refractivity contribution in [2.45, 2.75) is 32.7 Å². The zero-order chi connectivity index (χ0) is 24.8. The second-order valence-corrected chi connectivity index (χ2v) is 9.93. The Bertz CT molecular complexity index is 1550. The monoisotopic (exact) mass is 477 g/mol. The Morgan fingerprint density at radius 1 is 1.06 bits per heavy atom. The van der Waals surface area contributed by atoms with E-state index in [0.29, 0.717) is 5.92 Å². The molecule has 1 fully saturated rings. The van der Waals surface area contributed by atoms with Crippen molar-refractivity contribution in [3.63, 3.8) is 0 Å². The first-order valence-corrected chi connectivity index (χ1v) is 12.6. The van der Waals surface area contributed by atoms with Gasteiger partial charge in [0.1, 0.15) is 0 Å². The van der Waals surface area contributed by atoms with Crippen molar-refractivity contribution in [2.75, 3.05) is 13.2 Å². The van der Waals surface area contributed by atoms with Gasteiger partial charge in [0.05, 0.1) is 34.0 Å². The zero-order valence-electron chi connectivity index (χ0n) is 21.1. The first-order chi connectivity index (χ1) is 17.5. The number of nitrogens with zero attached hydrogens (tertiary/aromatic N) is 5. The van der Waals surface area contributed by atoms with Crippen molar-refractivity contribution in [3.8, 4) is 11.3 Å². The molecule has 5 aromatic rings. The van der Waals surface area contributed by atoms with Gasteiger partial charge in [-0.15, -0.1) is 5.10 Å². The SMILES string of the molecule is C=C(C)c1ccc2c3ncc(-c4c(C)nnn4C)cc3n([C@H](c3ccccc3)C3CCOCC3)c2c1. The topological polar surface area (TPSA) is 57.8 Å². The molecule has 0 saturated carbocycles. The van der Waals surface area contributed by atoms with Crippen LogP contribution in [0.2, 0.25) is 0 Å². The molecule has 0 radical (unpaired) electrons. The number of aryl methyl sites for hydroxylation is 2. The maximum atomic E-state index is 5.77. The Balaban J connectivity index is 1.69. The summed E-state index contributed by atoms with van der Waals surface area (Å²) in [5.74, 6) is 0.456. The van der Waals surface area contributed by atoms with Crippen LogP contribution in [0.4, 0.5) is 0 Å². The van der Waals surface area contributed by atoms with E-state index in [-0.39, 0.29) is 6.04 Å². The molecule has 1 aliphatic heterocycles. The average Bonchev–Trinajstić information content (AvgIpc) is 3.41. The lowest BCUT2D eigenvalue weighted by Crippen LogP contribution is -2.26. The number of rotatable bonds is 5. The van der Waals surface area contributed by atoms with E-state index < -0.39 is 0 Å². The minimum absolute atomic E-state index is 0.165. The highest BCUT2D eigenvalue weighted by Crippen LogP contribution is 2.41. The van der Waals surface area contributed by atoms with Crippen molar-refractivity contribution < 1.29 is 4.74 Å². The first-order valence-electron chi connectivity index (χ1n) is 12.6. The van der Waals surface area contributed by atoms with Crippen LogP contribution in [-0.4, -0.2) is 37.8 Å². The van der Waals surface area contributed by atoms with Gasteiger partial charge in [0.2, 0.25) is 0 Å². The van der Waals surface area contributed by atoms with E-state index in [2.05, 4.69) is 83.0 Å². The molecular weight excluding hydrogens is 446 g/mol. The van der Waals surface area contributed by atoms with Crippen LogP contribution in [0.3, 0.4) is 0 Å². The Hall–Kier alpha value is -3.77. The molecule has 2 aromatic carbocycles. The van der Waals surface area contributed by atoms with E-state index in [1.54, 1.807) is 0 Å². The number of hydrogen-bond donors (Lipinski definition) is 0. The molecule has 0 amide bonds. The minimum atomic E-state index is 0.165. The van der Waals surface area contributed by atoms with Crippen molar-refractivity contribution in [2.24, 2.45) is 13.0 Å². The number of pyridine rings is 1. The number of benzene rings is 2. The van der Waals surface area contributed by atoms with Crippen LogP contribution in [0.15, 0.2) is 67.4 Å². The summed E-state index contributed by atoms with van der Waals surface area (Å²) in [4.78, 5) is 5.03. The van der Waals surface area contributed by atoms with E-state index in [1.165, 1.54) is 11.1 Å². The summed E-state index contributed by atoms with van der Waals surface area (Å²) in [5.41, 5.74) is 9.77. The third-order valence-corrected chi connectivity index (χ3v) is 7.53. The van der Waals surface area contributed by atoms with E-state index >= 15 is 0 Å². The number of ether oxygens (including phenoxy) is 1. The smallest absolute Gasteiger partial charge is 0.0960 e. The zero-order valence-corrected chi connectivity index (χ0v) is 21.1. The molecule has 36 heavy (non-hydrogen) atoms. The third kappa shape index (κ3) is 3.73. The summed E-state index contributed by atoms with van der Waals surface area (Å²) in [7, 11) is 1.93. The molecule has 0 N–H and O–H groups in total. The van der Waals surface area contributed by atoms with Crippen molar-refractivity contribution in [3.05, 3.63) is 84.2 Å². The number of hydrogen-bond acceptors (Lipinski definition) is 4. The van der Waals surface area contributed by atoms with Gasteiger partial charge in [-0.1, -0.05) is 59.8 Å². The summed E-state index contributed by atoms with van der Waals surface area (Å²) in [6.07, 6.45) is 4.01. The molecular formula is C30H31N5O. The molecule has 6 nitrogen and oxygen atoms in total. The number of aromatic nitrogens is 5. The van der Waals surface area contributed by atoms with Crippen LogP contribution in [0.25, 0.3) is 38.8 Å². The molecule has 3 aromatic heterocycles. The summed E-state index contributed by atoms with van der Waals surface area (Å²) < 4.78 is 10.1. The van der Waals surface area contributed by atoms with E-state index in [0.717, 1.165) is 70.6 Å². The van der Waals surface area contributed by atoms with Crippen LogP contribution in [0.1, 0.15) is 42.6 Å². The van der Waals surface area contributed by atoms with Gasteiger partial charge in [-0.05, 0) is 55.9 Å². The Morgan fingerprint density at radius 2 is 1.83 bits per heavy atom. The standard InChI is InChI=1S/C30H31N5O/c1-19(2)23-10-11-25-26(16-23)35(30(21-8-6-5-7-9-21)22-12-14-36-15-13-22)27-17-24(18-31-28(25)27)29-20(3)32-33-34(29)4/h5-11,16-18,22,30H,1,12-15H2,2-4H3/t30-/m1/s1. The van der Waals surface area contributed by atoms with Gasteiger partial charge in [0.25, 0.3) is 0 Å². The largest absolute Gasteiger partial charge is 0.381 e. The summed E-state index contributed by atoms with van der Waals surface area (Å²) in [5, 5.41) is 9.67. The molecule has 0 spiro atoms. The number of fused-ring (bicyclic) bond motifs is 3. The molecule has 0 aliphatic carbocycles. The highest BCUT2D eigenvalue weighted by molar-refractivity contribution is 6.07. The maximum absolute atomic E-state index is 5.77. The predicted octanol–water partition coefficient (Wildman–Crippen LogP) is 6.34. The molecule has 1 saturated heterocycles. The predicted molar refractivity (Wildman–Crippen MR) is 145 cm³/mol. The molecule has 0 unspecified atom stereocenters. The van der Waals surface area contributed by atoms with Crippen LogP contribution >= 0.6 is 0 Å². The van der Waals surface area contributed by atoms with Gasteiger partial charge in [-0.2, -0.15) is 0 Å². The summed E-state index contributed by atoms with van der Waals surface area (Å²) >= 11 is 0. The fourth-order valence-corrected chi connectivity index (χ4v) is 5.77. The van der Waals surface area contributed by atoms with Gasteiger partial charge in [-0.3, -0.25) is 4.98 Å². The second kappa shape index (κ2) is 9.03. The van der Waals surface area contributed by atoms with E-state index in [4.69, 9.17) is 9.72 Å². The highest BCUT2D eigenvalue weighted by Gasteiger charge is 2.30. The summed E-state index contributed by atoms with van der Waals surface area (Å²) in [6.45, 7) is 9.87. The summed E-state index contributed by atoms with van der Waals surface area (Å²) in [6, 6.07) is 20.0. The molecule has 1 aliphatic rings. The maximum Gasteiger partial charge on any atom is 0.0960 e. The fourth-order valence-electron chi connectivity index (χ4n) is 5.77. The van der Waals surface area contributed by atoms with Crippen molar-refractivity contribution in [1.29, 1.82) is 0 Å². The highest BCUT2D eigenvalue weighted by atomic mass is 16.5. The first kappa shape index (κ1) is 22.7. The lowest BCUT2D eigenvalue weighted by molar-refractivity contribution is 0.0553. The van der Waals surface area contributed by atoms with Gasteiger partial charge < -0.3 is 9.30 Å². The van der Waals surface area contributed by atoms with E-state index in [1.807, 2.05) is 24.9 Å². The van der Waals surface area contributed by atoms with Gasteiger partial charge in [0.15, 0.2) is 0 Å².